The average Bonchev–Trinajstić information content (AvgIpc) is 3.51. The maximum absolute atomic E-state index is 12.9. The molecule has 1 fully saturated rings. The first-order valence-electron chi connectivity index (χ1n) is 9.49. The third kappa shape index (κ3) is 3.92. The van der Waals surface area contributed by atoms with Gasteiger partial charge in [0.15, 0.2) is 0 Å². The lowest BCUT2D eigenvalue weighted by molar-refractivity contribution is 0.0951. The summed E-state index contributed by atoms with van der Waals surface area (Å²) in [5.74, 6) is 1.13. The van der Waals surface area contributed by atoms with Crippen LogP contribution in [-0.2, 0) is 0 Å². The van der Waals surface area contributed by atoms with E-state index in [9.17, 15) is 4.79 Å². The smallest absolute Gasteiger partial charge is 0.255 e. The molecule has 0 aliphatic heterocycles. The first-order chi connectivity index (χ1) is 13.7. The van der Waals surface area contributed by atoms with Gasteiger partial charge in [-0.15, -0.1) is 0 Å². The highest BCUT2D eigenvalue weighted by molar-refractivity contribution is 6.00. The SMILES string of the molecule is COc1ccc(-c2nn(-c3ccccc3)cc2C(=O)NCC(N)C2CC2)cc1. The number of aromatic nitrogens is 2. The molecule has 0 spiro atoms. The van der Waals surface area contributed by atoms with E-state index >= 15 is 0 Å². The van der Waals surface area contributed by atoms with Crippen LogP contribution in [0.5, 0.6) is 5.75 Å². The zero-order valence-electron chi connectivity index (χ0n) is 15.8. The van der Waals surface area contributed by atoms with E-state index in [1.165, 1.54) is 0 Å². The summed E-state index contributed by atoms with van der Waals surface area (Å²) in [6.45, 7) is 0.474. The van der Waals surface area contributed by atoms with Crippen molar-refractivity contribution in [2.24, 2.45) is 11.7 Å². The van der Waals surface area contributed by atoms with Crippen molar-refractivity contribution in [3.63, 3.8) is 0 Å². The molecule has 1 amide bonds. The van der Waals surface area contributed by atoms with Gasteiger partial charge in [0, 0.05) is 24.3 Å². The molecule has 1 atom stereocenters. The predicted molar refractivity (Wildman–Crippen MR) is 109 cm³/mol. The van der Waals surface area contributed by atoms with Gasteiger partial charge >= 0.3 is 0 Å². The topological polar surface area (TPSA) is 82.2 Å². The number of para-hydroxylation sites is 1. The van der Waals surface area contributed by atoms with Gasteiger partial charge in [-0.3, -0.25) is 4.79 Å². The molecule has 3 N–H and O–H groups in total. The van der Waals surface area contributed by atoms with Crippen LogP contribution in [0, 0.1) is 5.92 Å². The number of hydrogen-bond donors (Lipinski definition) is 2. The predicted octanol–water partition coefficient (Wildman–Crippen LogP) is 3.02. The van der Waals surface area contributed by atoms with E-state index in [1.54, 1.807) is 18.0 Å². The van der Waals surface area contributed by atoms with Gasteiger partial charge in [0.05, 0.1) is 18.4 Å². The first-order valence-corrected chi connectivity index (χ1v) is 9.49. The maximum Gasteiger partial charge on any atom is 0.255 e. The van der Waals surface area contributed by atoms with Crippen molar-refractivity contribution in [3.8, 4) is 22.7 Å². The van der Waals surface area contributed by atoms with Crippen molar-refractivity contribution in [2.45, 2.75) is 18.9 Å². The molecule has 6 heteroatoms. The van der Waals surface area contributed by atoms with Gasteiger partial charge in [-0.25, -0.2) is 4.68 Å². The van der Waals surface area contributed by atoms with Gasteiger partial charge in [-0.2, -0.15) is 5.10 Å². The summed E-state index contributed by atoms with van der Waals surface area (Å²) in [6.07, 6.45) is 4.08. The van der Waals surface area contributed by atoms with Crippen molar-refractivity contribution in [1.82, 2.24) is 15.1 Å². The second-order valence-electron chi connectivity index (χ2n) is 7.11. The Morgan fingerprint density at radius 1 is 1.21 bits per heavy atom. The quantitative estimate of drug-likeness (QED) is 0.664. The lowest BCUT2D eigenvalue weighted by atomic mass is 10.1. The van der Waals surface area contributed by atoms with E-state index in [2.05, 4.69) is 10.4 Å². The number of nitrogens with zero attached hydrogens (tertiary/aromatic N) is 2. The van der Waals surface area contributed by atoms with Gasteiger partial charge in [0.25, 0.3) is 5.91 Å². The highest BCUT2D eigenvalue weighted by Crippen LogP contribution is 2.31. The van der Waals surface area contributed by atoms with E-state index in [-0.39, 0.29) is 11.9 Å². The third-order valence-corrected chi connectivity index (χ3v) is 5.07. The number of methoxy groups -OCH3 is 1. The van der Waals surface area contributed by atoms with E-state index in [0.29, 0.717) is 23.7 Å². The largest absolute Gasteiger partial charge is 0.497 e. The average molecular weight is 376 g/mol. The van der Waals surface area contributed by atoms with Crippen LogP contribution in [-0.4, -0.2) is 35.4 Å². The molecule has 0 radical (unpaired) electrons. The number of amides is 1. The van der Waals surface area contributed by atoms with Crippen molar-refractivity contribution >= 4 is 5.91 Å². The number of benzene rings is 2. The van der Waals surface area contributed by atoms with Gasteiger partial charge in [0.1, 0.15) is 11.4 Å². The summed E-state index contributed by atoms with van der Waals surface area (Å²) in [5, 5.41) is 7.66. The van der Waals surface area contributed by atoms with Gasteiger partial charge in [-0.05, 0) is 55.2 Å². The Kier molecular flexibility index (Phi) is 5.12. The lowest BCUT2D eigenvalue weighted by Crippen LogP contribution is -2.38. The number of rotatable bonds is 7. The minimum absolute atomic E-state index is 0.0116. The minimum Gasteiger partial charge on any atom is -0.497 e. The van der Waals surface area contributed by atoms with Crippen molar-refractivity contribution < 1.29 is 9.53 Å². The molecule has 3 aromatic rings. The monoisotopic (exact) mass is 376 g/mol. The van der Waals surface area contributed by atoms with Gasteiger partial charge in [0.2, 0.25) is 0 Å². The Hall–Kier alpha value is -3.12. The summed E-state index contributed by atoms with van der Waals surface area (Å²) in [7, 11) is 1.63. The Morgan fingerprint density at radius 3 is 2.57 bits per heavy atom. The van der Waals surface area contributed by atoms with Crippen LogP contribution in [0.4, 0.5) is 0 Å². The highest BCUT2D eigenvalue weighted by Gasteiger charge is 2.29. The Morgan fingerprint density at radius 2 is 1.93 bits per heavy atom. The molecular weight excluding hydrogens is 352 g/mol. The second-order valence-corrected chi connectivity index (χ2v) is 7.11. The van der Waals surface area contributed by atoms with Crippen molar-refractivity contribution in [1.29, 1.82) is 0 Å². The molecule has 1 aliphatic carbocycles. The zero-order valence-corrected chi connectivity index (χ0v) is 15.8. The summed E-state index contributed by atoms with van der Waals surface area (Å²) < 4.78 is 6.96. The molecule has 0 saturated heterocycles. The number of carbonyl (C=O) groups excluding carboxylic acids is 1. The van der Waals surface area contributed by atoms with Crippen molar-refractivity contribution in [3.05, 3.63) is 66.4 Å². The maximum atomic E-state index is 12.9. The zero-order chi connectivity index (χ0) is 19.5. The number of hydrogen-bond acceptors (Lipinski definition) is 4. The summed E-state index contributed by atoms with van der Waals surface area (Å²) in [6, 6.07) is 17.3. The molecule has 1 unspecified atom stereocenters. The fourth-order valence-corrected chi connectivity index (χ4v) is 3.21. The summed E-state index contributed by atoms with van der Waals surface area (Å²) >= 11 is 0. The number of nitrogens with one attached hydrogen (secondary N) is 1. The molecule has 2 aromatic carbocycles. The van der Waals surface area contributed by atoms with Crippen LogP contribution < -0.4 is 15.8 Å². The van der Waals surface area contributed by atoms with Crippen LogP contribution >= 0.6 is 0 Å². The molecule has 144 valence electrons. The molecule has 1 aromatic heterocycles. The number of ether oxygens (including phenoxy) is 1. The molecule has 6 nitrogen and oxygen atoms in total. The van der Waals surface area contributed by atoms with E-state index in [1.807, 2.05) is 54.6 Å². The highest BCUT2D eigenvalue weighted by atomic mass is 16.5. The van der Waals surface area contributed by atoms with Crippen molar-refractivity contribution in [2.75, 3.05) is 13.7 Å². The normalized spacial score (nSPS) is 14.5. The van der Waals surface area contributed by atoms with E-state index < -0.39 is 0 Å². The summed E-state index contributed by atoms with van der Waals surface area (Å²) in [4.78, 5) is 12.9. The van der Waals surface area contributed by atoms with Gasteiger partial charge < -0.3 is 15.8 Å². The third-order valence-electron chi connectivity index (χ3n) is 5.07. The Balaban J connectivity index is 1.65. The fraction of sp³-hybridized carbons (Fsp3) is 0.273. The molecule has 4 rings (SSSR count). The van der Waals surface area contributed by atoms with Crippen LogP contribution in [0.25, 0.3) is 16.9 Å². The number of nitrogens with two attached hydrogens (primary N) is 1. The Labute approximate surface area is 164 Å². The molecule has 1 saturated carbocycles. The first kappa shape index (κ1) is 18.3. The number of carbonyl (C=O) groups is 1. The van der Waals surface area contributed by atoms with Gasteiger partial charge in [-0.1, -0.05) is 18.2 Å². The molecular formula is C22H24N4O2. The van der Waals surface area contributed by atoms with Crippen LogP contribution in [0.1, 0.15) is 23.2 Å². The lowest BCUT2D eigenvalue weighted by Gasteiger charge is -2.11. The van der Waals surface area contributed by atoms with E-state index in [4.69, 9.17) is 10.5 Å². The van der Waals surface area contributed by atoms with Crippen LogP contribution in [0.15, 0.2) is 60.8 Å². The molecule has 0 bridgehead atoms. The standard InChI is InChI=1S/C22H24N4O2/c1-28-18-11-9-16(10-12-18)21-19(22(27)24-13-20(23)15-7-8-15)14-26(25-21)17-5-3-2-4-6-17/h2-6,9-12,14-15,20H,7-8,13,23H2,1H3,(H,24,27). The van der Waals surface area contributed by atoms with Crippen LogP contribution in [0.2, 0.25) is 0 Å². The Bertz CT molecular complexity index is 946. The van der Waals surface area contributed by atoms with E-state index in [0.717, 1.165) is 29.8 Å². The second kappa shape index (κ2) is 7.86. The molecule has 1 aliphatic rings. The van der Waals surface area contributed by atoms with Crippen LogP contribution in [0.3, 0.4) is 0 Å². The fourth-order valence-electron chi connectivity index (χ4n) is 3.21. The summed E-state index contributed by atoms with van der Waals surface area (Å²) in [5.41, 5.74) is 9.04. The minimum atomic E-state index is -0.163. The molecule has 28 heavy (non-hydrogen) atoms. The molecule has 1 heterocycles.